The molecule has 0 N–H and O–H groups in total. The number of carbonyl (C=O) groups is 1. The molecule has 2 aromatic rings. The van der Waals surface area contributed by atoms with Crippen molar-refractivity contribution in [2.45, 2.75) is 38.5 Å². The molecule has 0 bridgehead atoms. The maximum atomic E-state index is 12.9. The molecule has 1 aliphatic heterocycles. The van der Waals surface area contributed by atoms with E-state index in [-0.39, 0.29) is 5.91 Å². The Morgan fingerprint density at radius 1 is 1.14 bits per heavy atom. The molecule has 2 heterocycles. The van der Waals surface area contributed by atoms with Crippen LogP contribution in [-0.2, 0) is 10.2 Å². The summed E-state index contributed by atoms with van der Waals surface area (Å²) in [5.74, 6) is 0.222. The lowest BCUT2D eigenvalue weighted by molar-refractivity contribution is -0.137. The summed E-state index contributed by atoms with van der Waals surface area (Å²) in [6.07, 6.45) is 5.33. The highest BCUT2D eigenvalue weighted by molar-refractivity contribution is 5.89. The molecule has 1 saturated heterocycles. The summed E-state index contributed by atoms with van der Waals surface area (Å²) in [7, 11) is 0. The number of fused-ring (bicyclic) bond motifs is 1. The van der Waals surface area contributed by atoms with E-state index in [0.29, 0.717) is 0 Å². The molecule has 3 nitrogen and oxygen atoms in total. The first kappa shape index (κ1) is 14.1. The van der Waals surface area contributed by atoms with E-state index in [1.807, 2.05) is 49.2 Å². The van der Waals surface area contributed by atoms with E-state index in [4.69, 9.17) is 0 Å². The Hall–Kier alpha value is -1.90. The Balaban J connectivity index is 1.92. The predicted molar refractivity (Wildman–Crippen MR) is 85.2 cm³/mol. The summed E-state index contributed by atoms with van der Waals surface area (Å²) in [4.78, 5) is 19.4. The molecular formula is C18H22N2O. The molecule has 1 amide bonds. The molecule has 1 aromatic heterocycles. The highest BCUT2D eigenvalue weighted by atomic mass is 16.2. The van der Waals surface area contributed by atoms with Gasteiger partial charge in [-0.25, -0.2) is 0 Å². The number of nitrogens with zero attached hydrogens (tertiary/aromatic N) is 2. The third-order valence-electron chi connectivity index (χ3n) is 4.49. The average Bonchev–Trinajstić information content (AvgIpc) is 2.54. The van der Waals surface area contributed by atoms with Crippen molar-refractivity contribution in [2.24, 2.45) is 0 Å². The van der Waals surface area contributed by atoms with E-state index < -0.39 is 5.41 Å². The lowest BCUT2D eigenvalue weighted by atomic mass is 9.83. The number of para-hydroxylation sites is 1. The van der Waals surface area contributed by atoms with Crippen molar-refractivity contribution >= 4 is 16.8 Å². The minimum absolute atomic E-state index is 0.222. The van der Waals surface area contributed by atoms with Crippen molar-refractivity contribution in [3.63, 3.8) is 0 Å². The minimum Gasteiger partial charge on any atom is -0.342 e. The van der Waals surface area contributed by atoms with Crippen molar-refractivity contribution < 1.29 is 4.79 Å². The molecule has 3 rings (SSSR count). The van der Waals surface area contributed by atoms with Crippen LogP contribution in [0.25, 0.3) is 10.9 Å². The first-order valence-corrected chi connectivity index (χ1v) is 7.74. The maximum absolute atomic E-state index is 12.9. The Morgan fingerprint density at radius 2 is 1.86 bits per heavy atom. The van der Waals surface area contributed by atoms with Gasteiger partial charge in [0.05, 0.1) is 10.9 Å². The SMILES string of the molecule is CC(C)(C(=O)N1CCCCC1)c1cnc2ccccc2c1. The van der Waals surface area contributed by atoms with Crippen LogP contribution in [0, 0.1) is 0 Å². The Morgan fingerprint density at radius 3 is 2.62 bits per heavy atom. The van der Waals surface area contributed by atoms with Crippen LogP contribution in [0.3, 0.4) is 0 Å². The van der Waals surface area contributed by atoms with Crippen LogP contribution < -0.4 is 0 Å². The van der Waals surface area contributed by atoms with Gasteiger partial charge in [-0.3, -0.25) is 9.78 Å². The lowest BCUT2D eigenvalue weighted by Gasteiger charge is -2.34. The average molecular weight is 282 g/mol. The fourth-order valence-corrected chi connectivity index (χ4v) is 3.03. The number of benzene rings is 1. The largest absolute Gasteiger partial charge is 0.342 e. The fraction of sp³-hybridized carbons (Fsp3) is 0.444. The second-order valence-corrected chi connectivity index (χ2v) is 6.39. The van der Waals surface area contributed by atoms with Gasteiger partial charge in [0.1, 0.15) is 0 Å². The highest BCUT2D eigenvalue weighted by Gasteiger charge is 2.34. The zero-order valence-corrected chi connectivity index (χ0v) is 12.8. The van der Waals surface area contributed by atoms with Gasteiger partial charge in [-0.05, 0) is 50.8 Å². The molecule has 0 spiro atoms. The zero-order valence-electron chi connectivity index (χ0n) is 12.8. The van der Waals surface area contributed by atoms with Crippen LogP contribution in [-0.4, -0.2) is 28.9 Å². The lowest BCUT2D eigenvalue weighted by Crippen LogP contribution is -2.45. The van der Waals surface area contributed by atoms with E-state index in [1.165, 1.54) is 6.42 Å². The molecule has 0 saturated carbocycles. The topological polar surface area (TPSA) is 33.2 Å². The van der Waals surface area contributed by atoms with Crippen molar-refractivity contribution in [3.05, 3.63) is 42.1 Å². The number of rotatable bonds is 2. The van der Waals surface area contributed by atoms with Gasteiger partial charge in [-0.2, -0.15) is 0 Å². The number of hydrogen-bond donors (Lipinski definition) is 0. The number of amides is 1. The van der Waals surface area contributed by atoms with Gasteiger partial charge >= 0.3 is 0 Å². The molecule has 3 heteroatoms. The second kappa shape index (κ2) is 5.47. The number of likely N-dealkylation sites (tertiary alicyclic amines) is 1. The quantitative estimate of drug-likeness (QED) is 0.844. The molecule has 1 aromatic carbocycles. The smallest absolute Gasteiger partial charge is 0.232 e. The first-order valence-electron chi connectivity index (χ1n) is 7.74. The van der Waals surface area contributed by atoms with E-state index >= 15 is 0 Å². The van der Waals surface area contributed by atoms with Crippen molar-refractivity contribution in [3.8, 4) is 0 Å². The molecule has 1 fully saturated rings. The molecule has 0 atom stereocenters. The monoisotopic (exact) mass is 282 g/mol. The van der Waals surface area contributed by atoms with Gasteiger partial charge in [-0.1, -0.05) is 18.2 Å². The standard InChI is InChI=1S/C18H22N2O/c1-18(2,17(21)20-10-6-3-7-11-20)15-12-14-8-4-5-9-16(14)19-13-15/h4-5,8-9,12-13H,3,6-7,10-11H2,1-2H3. The summed E-state index contributed by atoms with van der Waals surface area (Å²) in [6.45, 7) is 5.80. The molecular weight excluding hydrogens is 260 g/mol. The Bertz CT molecular complexity index is 657. The van der Waals surface area contributed by atoms with Gasteiger partial charge in [0, 0.05) is 24.7 Å². The molecule has 0 aliphatic carbocycles. The van der Waals surface area contributed by atoms with E-state index in [2.05, 4.69) is 11.1 Å². The van der Waals surface area contributed by atoms with Crippen molar-refractivity contribution in [1.29, 1.82) is 0 Å². The minimum atomic E-state index is -0.519. The van der Waals surface area contributed by atoms with Crippen molar-refractivity contribution in [2.75, 3.05) is 13.1 Å². The fourth-order valence-electron chi connectivity index (χ4n) is 3.03. The number of aromatic nitrogens is 1. The second-order valence-electron chi connectivity index (χ2n) is 6.39. The van der Waals surface area contributed by atoms with Crippen LogP contribution in [0.15, 0.2) is 36.5 Å². The van der Waals surface area contributed by atoms with E-state index in [0.717, 1.165) is 42.4 Å². The van der Waals surface area contributed by atoms with Crippen LogP contribution in [0.1, 0.15) is 38.7 Å². The molecule has 1 aliphatic rings. The Kier molecular flexibility index (Phi) is 3.66. The predicted octanol–water partition coefficient (Wildman–Crippen LogP) is 3.52. The first-order chi connectivity index (χ1) is 10.1. The van der Waals surface area contributed by atoms with Crippen LogP contribution >= 0.6 is 0 Å². The van der Waals surface area contributed by atoms with Gasteiger partial charge < -0.3 is 4.90 Å². The van der Waals surface area contributed by atoms with Crippen LogP contribution in [0.5, 0.6) is 0 Å². The van der Waals surface area contributed by atoms with E-state index in [9.17, 15) is 4.79 Å². The Labute approximate surface area is 126 Å². The van der Waals surface area contributed by atoms with Gasteiger partial charge in [0.15, 0.2) is 0 Å². The van der Waals surface area contributed by atoms with Gasteiger partial charge in [-0.15, -0.1) is 0 Å². The summed E-state index contributed by atoms with van der Waals surface area (Å²) in [5.41, 5.74) is 1.45. The summed E-state index contributed by atoms with van der Waals surface area (Å²) < 4.78 is 0. The van der Waals surface area contributed by atoms with Crippen molar-refractivity contribution in [1.82, 2.24) is 9.88 Å². The van der Waals surface area contributed by atoms with E-state index in [1.54, 1.807) is 0 Å². The van der Waals surface area contributed by atoms with Crippen LogP contribution in [0.2, 0.25) is 0 Å². The number of hydrogen-bond acceptors (Lipinski definition) is 2. The molecule has 21 heavy (non-hydrogen) atoms. The highest BCUT2D eigenvalue weighted by Crippen LogP contribution is 2.28. The number of pyridine rings is 1. The zero-order chi connectivity index (χ0) is 14.9. The third kappa shape index (κ3) is 2.65. The summed E-state index contributed by atoms with van der Waals surface area (Å²) in [5, 5.41) is 1.09. The maximum Gasteiger partial charge on any atom is 0.232 e. The summed E-state index contributed by atoms with van der Waals surface area (Å²) in [6, 6.07) is 10.1. The van der Waals surface area contributed by atoms with Crippen LogP contribution in [0.4, 0.5) is 0 Å². The molecule has 0 unspecified atom stereocenters. The third-order valence-corrected chi connectivity index (χ3v) is 4.49. The van der Waals surface area contributed by atoms with Gasteiger partial charge in [0.2, 0.25) is 5.91 Å². The summed E-state index contributed by atoms with van der Waals surface area (Å²) >= 11 is 0. The number of carbonyl (C=O) groups excluding carboxylic acids is 1. The molecule has 0 radical (unpaired) electrons. The normalized spacial score (nSPS) is 16.2. The van der Waals surface area contributed by atoms with Gasteiger partial charge in [0.25, 0.3) is 0 Å². The molecule has 110 valence electrons. The number of piperidine rings is 1.